The smallest absolute Gasteiger partial charge is 0.155 e. The van der Waals surface area contributed by atoms with E-state index >= 15 is 0 Å². The van der Waals surface area contributed by atoms with Crippen LogP contribution in [0.15, 0.2) is 137 Å². The summed E-state index contributed by atoms with van der Waals surface area (Å²) in [5.41, 5.74) is 6.96. The normalized spacial score (nSPS) is 15.6. The molecule has 1 heterocycles. The molecule has 5 aromatic rings. The molecule has 162 valence electrons. The molecule has 0 bridgehead atoms. The fourth-order valence-corrected chi connectivity index (χ4v) is 4.59. The monoisotopic (exact) mass is 436 g/mol. The third-order valence-corrected chi connectivity index (χ3v) is 6.40. The first-order chi connectivity index (χ1) is 16.8. The number of hydrogen-bond donors (Lipinski definition) is 0. The number of aliphatic imine (C=N–C) groups is 2. The Morgan fingerprint density at radius 3 is 1.82 bits per heavy atom. The van der Waals surface area contributed by atoms with Crippen molar-refractivity contribution in [2.24, 2.45) is 9.98 Å². The summed E-state index contributed by atoms with van der Waals surface area (Å²) in [5.74, 6) is 0.800. The Bertz CT molecular complexity index is 1500. The Morgan fingerprint density at radius 1 is 0.500 bits per heavy atom. The van der Waals surface area contributed by atoms with E-state index in [1.54, 1.807) is 0 Å². The molecule has 0 saturated carbocycles. The minimum Gasteiger partial charge on any atom is -0.258 e. The number of benzene rings is 5. The minimum absolute atomic E-state index is 0.0210. The van der Waals surface area contributed by atoms with Gasteiger partial charge in [-0.3, -0.25) is 4.99 Å². The lowest BCUT2D eigenvalue weighted by Gasteiger charge is -2.22. The van der Waals surface area contributed by atoms with E-state index in [2.05, 4.69) is 103 Å². The fraction of sp³-hybridized carbons (Fsp3) is 0.0625. The van der Waals surface area contributed by atoms with Crippen molar-refractivity contribution in [1.29, 1.82) is 0 Å². The molecular weight excluding hydrogens is 412 g/mol. The summed E-state index contributed by atoms with van der Waals surface area (Å²) in [7, 11) is 0. The lowest BCUT2D eigenvalue weighted by molar-refractivity contribution is 0.755. The molecular formula is C32H24N2. The van der Waals surface area contributed by atoms with Gasteiger partial charge < -0.3 is 0 Å². The maximum Gasteiger partial charge on any atom is 0.155 e. The largest absolute Gasteiger partial charge is 0.258 e. The summed E-state index contributed by atoms with van der Waals surface area (Å²) in [6.07, 6.45) is 0.782. The second kappa shape index (κ2) is 8.92. The first-order valence-corrected chi connectivity index (χ1v) is 11.7. The first-order valence-electron chi connectivity index (χ1n) is 11.7. The number of amidine groups is 1. The summed E-state index contributed by atoms with van der Waals surface area (Å²) < 4.78 is 0. The van der Waals surface area contributed by atoms with Crippen LogP contribution in [-0.2, 0) is 0 Å². The molecule has 0 spiro atoms. The van der Waals surface area contributed by atoms with Gasteiger partial charge in [0.2, 0.25) is 0 Å². The van der Waals surface area contributed by atoms with Crippen LogP contribution in [0.25, 0.3) is 21.9 Å². The summed E-state index contributed by atoms with van der Waals surface area (Å²) in [6, 6.07) is 44.7. The fourth-order valence-electron chi connectivity index (χ4n) is 4.59. The highest BCUT2D eigenvalue weighted by Crippen LogP contribution is 2.32. The van der Waals surface area contributed by atoms with E-state index in [-0.39, 0.29) is 6.04 Å². The van der Waals surface area contributed by atoms with Gasteiger partial charge in [-0.15, -0.1) is 0 Å². The first kappa shape index (κ1) is 20.3. The number of rotatable bonds is 4. The van der Waals surface area contributed by atoms with E-state index in [1.807, 2.05) is 24.3 Å². The predicted molar refractivity (Wildman–Crippen MR) is 143 cm³/mol. The maximum absolute atomic E-state index is 5.11. The third-order valence-electron chi connectivity index (χ3n) is 6.40. The molecule has 0 aromatic heterocycles. The predicted octanol–water partition coefficient (Wildman–Crippen LogP) is 7.89. The van der Waals surface area contributed by atoms with Crippen LogP contribution < -0.4 is 0 Å². The molecule has 0 saturated heterocycles. The van der Waals surface area contributed by atoms with Gasteiger partial charge >= 0.3 is 0 Å². The molecule has 0 radical (unpaired) electrons. The zero-order valence-electron chi connectivity index (χ0n) is 18.8. The average molecular weight is 437 g/mol. The standard InChI is InChI=1S/C32H24N2/c1-4-10-23(11-5-1)27-18-16-24-17-19-28(21-29(24)20-27)31-22-30(25-12-6-2-7-13-25)33-32(34-31)26-14-8-3-9-15-26/h1-21,31H,22H2. The third kappa shape index (κ3) is 4.06. The Labute approximate surface area is 200 Å². The van der Waals surface area contributed by atoms with Crippen molar-refractivity contribution in [3.05, 3.63) is 144 Å². The van der Waals surface area contributed by atoms with E-state index in [0.717, 1.165) is 29.1 Å². The van der Waals surface area contributed by atoms with Gasteiger partial charge in [0.25, 0.3) is 0 Å². The molecule has 5 aromatic carbocycles. The van der Waals surface area contributed by atoms with Crippen LogP contribution in [0.1, 0.15) is 29.2 Å². The van der Waals surface area contributed by atoms with Gasteiger partial charge in [0, 0.05) is 12.0 Å². The molecule has 0 aliphatic carbocycles. The van der Waals surface area contributed by atoms with Crippen LogP contribution >= 0.6 is 0 Å². The van der Waals surface area contributed by atoms with Crippen LogP contribution in [0.4, 0.5) is 0 Å². The molecule has 2 heteroatoms. The van der Waals surface area contributed by atoms with Crippen molar-refractivity contribution in [3.63, 3.8) is 0 Å². The van der Waals surface area contributed by atoms with Crippen molar-refractivity contribution < 1.29 is 0 Å². The topological polar surface area (TPSA) is 24.7 Å². The van der Waals surface area contributed by atoms with Crippen LogP contribution in [-0.4, -0.2) is 11.5 Å². The second-order valence-electron chi connectivity index (χ2n) is 8.65. The summed E-state index contributed by atoms with van der Waals surface area (Å²) in [4.78, 5) is 10.1. The molecule has 6 rings (SSSR count). The van der Waals surface area contributed by atoms with E-state index in [1.165, 1.54) is 27.5 Å². The van der Waals surface area contributed by atoms with E-state index in [4.69, 9.17) is 9.98 Å². The Kier molecular flexibility index (Phi) is 5.33. The van der Waals surface area contributed by atoms with Gasteiger partial charge in [0.1, 0.15) is 0 Å². The highest BCUT2D eigenvalue weighted by Gasteiger charge is 2.22. The number of fused-ring (bicyclic) bond motifs is 1. The van der Waals surface area contributed by atoms with Gasteiger partial charge in [-0.1, -0.05) is 115 Å². The second-order valence-corrected chi connectivity index (χ2v) is 8.65. The van der Waals surface area contributed by atoms with Crippen LogP contribution in [0.5, 0.6) is 0 Å². The lowest BCUT2D eigenvalue weighted by atomic mass is 9.93. The number of hydrogen-bond acceptors (Lipinski definition) is 2. The van der Waals surface area contributed by atoms with Crippen molar-refractivity contribution in [3.8, 4) is 11.1 Å². The van der Waals surface area contributed by atoms with Crippen molar-refractivity contribution in [2.75, 3.05) is 0 Å². The average Bonchev–Trinajstić information content (AvgIpc) is 2.93. The minimum atomic E-state index is 0.0210. The highest BCUT2D eigenvalue weighted by atomic mass is 15.0. The van der Waals surface area contributed by atoms with Crippen molar-refractivity contribution >= 4 is 22.3 Å². The molecule has 0 N–H and O–H groups in total. The van der Waals surface area contributed by atoms with Crippen LogP contribution in [0.2, 0.25) is 0 Å². The Hall–Kier alpha value is -4.30. The van der Waals surface area contributed by atoms with Crippen LogP contribution in [0.3, 0.4) is 0 Å². The maximum atomic E-state index is 5.11. The molecule has 0 fully saturated rings. The van der Waals surface area contributed by atoms with Crippen molar-refractivity contribution in [1.82, 2.24) is 0 Å². The zero-order valence-corrected chi connectivity index (χ0v) is 18.8. The zero-order chi connectivity index (χ0) is 22.7. The van der Waals surface area contributed by atoms with Gasteiger partial charge in [-0.25, -0.2) is 4.99 Å². The van der Waals surface area contributed by atoms with Gasteiger partial charge in [-0.2, -0.15) is 0 Å². The van der Waals surface area contributed by atoms with E-state index < -0.39 is 0 Å². The number of nitrogens with zero attached hydrogens (tertiary/aromatic N) is 2. The SMILES string of the molecule is c1ccc(C2=NC(c3ccccc3)=NC(c3ccc4ccc(-c5ccccc5)cc4c3)C2)cc1. The van der Waals surface area contributed by atoms with Gasteiger partial charge in [0.05, 0.1) is 11.8 Å². The molecule has 1 aliphatic rings. The summed E-state index contributed by atoms with van der Waals surface area (Å²) >= 11 is 0. The van der Waals surface area contributed by atoms with E-state index in [0.29, 0.717) is 0 Å². The van der Waals surface area contributed by atoms with Gasteiger partial charge in [-0.05, 0) is 45.2 Å². The molecule has 2 nitrogen and oxygen atoms in total. The van der Waals surface area contributed by atoms with Crippen molar-refractivity contribution in [2.45, 2.75) is 12.5 Å². The van der Waals surface area contributed by atoms with Gasteiger partial charge in [0.15, 0.2) is 5.84 Å². The Balaban J connectivity index is 1.43. The molecule has 1 unspecified atom stereocenters. The summed E-state index contributed by atoms with van der Waals surface area (Å²) in [5, 5.41) is 2.47. The lowest BCUT2D eigenvalue weighted by Crippen LogP contribution is -2.17. The van der Waals surface area contributed by atoms with Crippen LogP contribution in [0, 0.1) is 0 Å². The van der Waals surface area contributed by atoms with E-state index in [9.17, 15) is 0 Å². The molecule has 0 amide bonds. The highest BCUT2D eigenvalue weighted by molar-refractivity contribution is 6.14. The molecule has 1 aliphatic heterocycles. The molecule has 1 atom stereocenters. The molecule has 34 heavy (non-hydrogen) atoms. The quantitative estimate of drug-likeness (QED) is 0.274. The summed E-state index contributed by atoms with van der Waals surface area (Å²) in [6.45, 7) is 0. The Morgan fingerprint density at radius 2 is 1.12 bits per heavy atom.